The number of esters is 4. The zero-order chi connectivity index (χ0) is 106. The van der Waals surface area contributed by atoms with Crippen molar-refractivity contribution in [3.8, 4) is 0 Å². The molecule has 0 aromatic carbocycles. The molecule has 9 aliphatic carbocycles. The average Bonchev–Trinajstić information content (AvgIpc) is 1.61. The molecule has 2 amide bonds. The molecule has 51 heteroatoms. The molecular formula is C97H136ArCl4N24O19S3. The smallest absolute Gasteiger partial charge is 0.410 e. The van der Waals surface area contributed by atoms with Gasteiger partial charge in [-0.15, -0.1) is 12.4 Å². The number of hydrogen-bond acceptors (Lipinski definition) is 38. The number of aromatic nitrogens is 16. The van der Waals surface area contributed by atoms with Crippen molar-refractivity contribution in [2.45, 2.75) is 294 Å². The van der Waals surface area contributed by atoms with E-state index in [9.17, 15) is 58.6 Å². The van der Waals surface area contributed by atoms with Gasteiger partial charge in [-0.1, -0.05) is 45.0 Å². The number of ether oxygens (including phenoxy) is 5. The van der Waals surface area contributed by atoms with E-state index in [0.29, 0.717) is 90.7 Å². The number of nitrogens with two attached hydrogens (primary N) is 2. The van der Waals surface area contributed by atoms with Gasteiger partial charge in [0.25, 0.3) is 17.4 Å². The van der Waals surface area contributed by atoms with Crippen LogP contribution in [-0.2, 0) is 147 Å². The maximum Gasteiger partial charge on any atom is 0.410 e. The molecule has 8 aromatic heterocycles. The molecule has 3 aliphatic heterocycles. The van der Waals surface area contributed by atoms with Crippen LogP contribution < -0.4 is 42.0 Å². The summed E-state index contributed by atoms with van der Waals surface area (Å²) >= 11 is 29.7. The molecule has 10 N–H and O–H groups in total. The van der Waals surface area contributed by atoms with E-state index in [-0.39, 0.29) is 130 Å². The first-order valence-electron chi connectivity index (χ1n) is 47.5. The third kappa shape index (κ3) is 40.3. The van der Waals surface area contributed by atoms with Gasteiger partial charge in [0.15, 0.2) is 9.88 Å². The molecule has 43 nitrogen and oxygen atoms in total. The van der Waals surface area contributed by atoms with Gasteiger partial charge in [0.2, 0.25) is 5.15 Å². The van der Waals surface area contributed by atoms with Crippen LogP contribution in [0.3, 0.4) is 0 Å². The monoisotopic (exact) mass is 2220 g/mol. The zero-order valence-corrected chi connectivity index (χ0v) is 89.8. The number of aliphatic hydroxyl groups is 2. The number of rotatable bonds is 5. The molecule has 11 heterocycles. The van der Waals surface area contributed by atoms with Crippen LogP contribution in [0.15, 0.2) is 53.9 Å². The third-order valence-corrected chi connectivity index (χ3v) is 25.2. The second-order valence-electron chi connectivity index (χ2n) is 36.7. The predicted molar refractivity (Wildman–Crippen MR) is 559 cm³/mol. The Labute approximate surface area is 927 Å². The number of H-pyrrole nitrogens is 3. The second kappa shape index (κ2) is 64.2. The Bertz CT molecular complexity index is 5920. The van der Waals surface area contributed by atoms with Crippen molar-refractivity contribution >= 4 is 155 Å². The number of carbonyl (C=O) groups is 7. The van der Waals surface area contributed by atoms with E-state index in [1.54, 1.807) is 16.1 Å². The minimum Gasteiger partial charge on any atom is -0.711 e. The van der Waals surface area contributed by atoms with Crippen LogP contribution in [0.4, 0.5) is 27.0 Å². The van der Waals surface area contributed by atoms with Gasteiger partial charge in [-0.2, -0.15) is 9.59 Å². The Morgan fingerprint density at radius 1 is 0.473 bits per heavy atom. The summed E-state index contributed by atoms with van der Waals surface area (Å²) in [5.74, 6) is 1.97. The van der Waals surface area contributed by atoms with Crippen LogP contribution in [-0.4, -0.2) is 225 Å². The summed E-state index contributed by atoms with van der Waals surface area (Å²) in [5, 5.41) is 32.4. The molecule has 0 radical (unpaired) electrons. The van der Waals surface area contributed by atoms with E-state index >= 15 is 0 Å². The molecule has 0 spiro atoms. The molecule has 12 aliphatic rings. The summed E-state index contributed by atoms with van der Waals surface area (Å²) in [4.78, 5) is 183. The second-order valence-corrected chi connectivity index (χ2v) is 38.6. The molecule has 3 saturated heterocycles. The summed E-state index contributed by atoms with van der Waals surface area (Å²) in [7, 11) is 0. The van der Waals surface area contributed by atoms with Crippen molar-refractivity contribution in [1.82, 2.24) is 84.6 Å². The number of amides is 2. The fourth-order valence-corrected chi connectivity index (χ4v) is 18.6. The van der Waals surface area contributed by atoms with Gasteiger partial charge in [-0.05, 0) is 237 Å². The molecule has 4 fully saturated rings. The summed E-state index contributed by atoms with van der Waals surface area (Å²) in [6.07, 6.45) is 33.7. The summed E-state index contributed by atoms with van der Waals surface area (Å²) in [6.45, 7) is 25.7. The molecular weight excluding hydrogens is 2080 g/mol. The first-order chi connectivity index (χ1) is 68.5. The molecule has 5 unspecified atom stereocenters. The fraction of sp³-hybridized carbons (Fsp3) is 0.577. The number of aromatic amines is 3. The largest absolute Gasteiger partial charge is 0.711 e. The molecule has 20 rings (SSSR count). The van der Waals surface area contributed by atoms with Gasteiger partial charge < -0.3 is 85.0 Å². The molecule has 0 bridgehead atoms. The topological polar surface area (TPSA) is 595 Å². The maximum atomic E-state index is 12.2. The summed E-state index contributed by atoms with van der Waals surface area (Å²) < 4.78 is 31.9. The van der Waals surface area contributed by atoms with Gasteiger partial charge in [0.1, 0.15) is 94.3 Å². The Morgan fingerprint density at radius 3 is 1.29 bits per heavy atom. The minimum absolute atomic E-state index is 0. The maximum absolute atomic E-state index is 12.2. The normalized spacial score (nSPS) is 17.7. The number of Topliss-reactive ketones (excluding diaryl/α,β-unsaturated/α-hetero) is 1. The van der Waals surface area contributed by atoms with Crippen molar-refractivity contribution < 1.29 is 120 Å². The molecule has 1 saturated carbocycles. The summed E-state index contributed by atoms with van der Waals surface area (Å²) in [5.41, 5.74) is 23.5. The van der Waals surface area contributed by atoms with Crippen molar-refractivity contribution in [1.29, 1.82) is 4.78 Å². The van der Waals surface area contributed by atoms with E-state index in [1.807, 2.05) is 48.5 Å². The first kappa shape index (κ1) is 130. The van der Waals surface area contributed by atoms with Crippen molar-refractivity contribution in [2.24, 2.45) is 17.4 Å². The van der Waals surface area contributed by atoms with Gasteiger partial charge in [-0.3, -0.25) is 38.5 Å². The van der Waals surface area contributed by atoms with Crippen LogP contribution in [0.1, 0.15) is 295 Å². The van der Waals surface area contributed by atoms with Gasteiger partial charge in [-0.25, -0.2) is 73.9 Å². The number of piperazine rings is 2. The van der Waals surface area contributed by atoms with E-state index in [2.05, 4.69) is 130 Å². The number of aliphatic hydroxyl groups excluding tert-OH is 2. The fourth-order valence-electron chi connectivity index (χ4n) is 17.6. The van der Waals surface area contributed by atoms with Crippen LogP contribution in [0.25, 0.3) is 0 Å². The first-order valence-corrected chi connectivity index (χ1v) is 49.9. The van der Waals surface area contributed by atoms with Crippen molar-refractivity contribution in [3.63, 3.8) is 0 Å². The number of nitrogens with zero attached hydrogens (tertiary/aromatic N) is 18. The summed E-state index contributed by atoms with van der Waals surface area (Å²) in [6, 6.07) is 0. The molecule has 148 heavy (non-hydrogen) atoms. The zero-order valence-electron chi connectivity index (χ0n) is 83.5. The van der Waals surface area contributed by atoms with Crippen molar-refractivity contribution in [3.05, 3.63) is 180 Å². The third-order valence-electron chi connectivity index (χ3n) is 24.0. The molecule has 8 aromatic rings. The van der Waals surface area contributed by atoms with E-state index in [1.165, 1.54) is 96.9 Å². The van der Waals surface area contributed by atoms with Crippen LogP contribution in [0.2, 0.25) is 15.5 Å². The standard InChI is InChI=1S/C18H26N4O4.C16H24N4O3.C12H17N3O.C9H9ClN2O2.C7H7ClN2O.C7H7ClN2.C7H8N2OS.C7H8N2O.C6H10O.C4H6O3.CH4N2S.CO2.2CH4.Ar.ClH.HNS/c1-12(23)25-14-6-5-13-15(14)19-11-20-16(13)21-7-9-22(10-8-21)17(24)26-18(2,3)4;1-16(2,3)23-15(22)20-8-6-19(7-9-20)14-11-4-5-12(21)13(11)17-10-18-14;16-10-5-4-9-11(10)13-8-14-12(9)15-6-2-1-3-7-15;1-5(13)14-7-3-2-6-8(7)11-4-12-9(6)10;8-7-5-2-1-3-6(5)10(11)4-9-7;8-7-5-2-1-3-6(5)9-4-10-7;10-6-4-2-1-3-5(4)8-7(11)9-6;10-7-5-2-1-3-6(5)8-4-9-7;1-5-3-2-4-6(5)7;1-3(5)7-4(2)6;2-1(3)4;2-1-3;;;;;1-2/h11,14H,5-10H2,1-4H3;10,12,21H,4-9H2,1-3H3;8,10,16H,1-7H2;4,7H,2-3H2,1H3;4H,1-3H2;4H,1-3H2;1-3H2,(H2,8,9,10,11);4H,1-3H2,(H,8,9,10);5H,2-4H2,1H3;1-2H3;(H4,2,3,4);;2*1H4;;1H;1H. The Morgan fingerprint density at radius 2 is 0.865 bits per heavy atom. The van der Waals surface area contributed by atoms with E-state index in [0.717, 1.165) is 255 Å². The number of piperidine rings is 1. The van der Waals surface area contributed by atoms with Crippen LogP contribution in [0, 0.1) is 58.4 Å². The number of hydrogen-bond donors (Lipinski definition) is 8. The number of anilines is 3. The van der Waals surface area contributed by atoms with Crippen LogP contribution >= 0.6 is 71.6 Å². The number of thiocarbonyl (C=S) groups is 1. The number of ketones is 1. The predicted octanol–water partition coefficient (Wildman–Crippen LogP) is 12.4. The van der Waals surface area contributed by atoms with Gasteiger partial charge in [0.05, 0.1) is 52.6 Å². The van der Waals surface area contributed by atoms with E-state index in [4.69, 9.17) is 80.3 Å². The number of nitrogens with one attached hydrogen (secondary N) is 4. The number of carbonyl (C=O) groups excluding carboxylic acids is 9. The Hall–Kier alpha value is -10.6. The molecule has 812 valence electrons. The minimum atomic E-state index is -0.562. The number of halogens is 4. The van der Waals surface area contributed by atoms with E-state index < -0.39 is 29.2 Å². The number of aryl methyl sites for hydroxylation is 3. The van der Waals surface area contributed by atoms with Gasteiger partial charge >= 0.3 is 42.2 Å². The average molecular weight is 2220 g/mol. The van der Waals surface area contributed by atoms with Crippen LogP contribution in [0.5, 0.6) is 0 Å². The Kier molecular flexibility index (Phi) is 56.2. The number of fused-ring (bicyclic) bond motifs is 8. The SMILES string of the molecule is C.C.CC(=O)OC(C)=O.CC(=O)OC1CCc2c(Cl)ncnc21.CC(=O)OC1CCc2c1ncnc2N1CCN(C(=O)OC(C)(C)C)CC1.CC(C)(C)OC(=O)N1CCN(c2ncnc3c2CCC3O)CC1.CC1CCCC1=O.Cl.Clc1ncnc2c1CCC2.N=S.NC(N)=S.O=C=O.O=c1[nH]c(=S)[nH]c2c1CCC2.O=c1[nH]cnc2c1CCC2.OC1CCc2c1ncnc2N1CCCCC1.[Ar].[O-][n+]1cnc(Cl)c2c1CCC2. The van der Waals surface area contributed by atoms with Crippen molar-refractivity contribution in [2.75, 3.05) is 80.1 Å². The Balaban J connectivity index is 0.000000346. The molecule has 5 atom stereocenters. The quantitative estimate of drug-likeness (QED) is 0.0151. The van der Waals surface area contributed by atoms with Gasteiger partial charge in [0, 0.05) is 212 Å².